The van der Waals surface area contributed by atoms with Gasteiger partial charge in [0, 0.05) is 11.1 Å². The summed E-state index contributed by atoms with van der Waals surface area (Å²) in [5, 5.41) is 0.581. The minimum absolute atomic E-state index is 0.0195. The largest absolute Gasteiger partial charge is 0.327 e. The number of benzene rings is 2. The van der Waals surface area contributed by atoms with Gasteiger partial charge in [0.25, 0.3) is 0 Å². The Balaban J connectivity index is 1.94. The Morgan fingerprint density at radius 2 is 1.90 bits per heavy atom. The molecular weight excluding hydrogens is 273 g/mol. The predicted octanol–water partition coefficient (Wildman–Crippen LogP) is 4.29. The van der Waals surface area contributed by atoms with Gasteiger partial charge in [-0.1, -0.05) is 35.9 Å². The number of rotatable bonds is 5. The van der Waals surface area contributed by atoms with Crippen molar-refractivity contribution in [3.63, 3.8) is 0 Å². The van der Waals surface area contributed by atoms with Gasteiger partial charge in [-0.15, -0.1) is 0 Å². The van der Waals surface area contributed by atoms with Gasteiger partial charge < -0.3 is 5.73 Å². The molecule has 0 aliphatic rings. The lowest BCUT2D eigenvalue weighted by Crippen LogP contribution is -2.23. The molecule has 1 unspecified atom stereocenters. The fourth-order valence-electron chi connectivity index (χ4n) is 2.32. The fourth-order valence-corrected chi connectivity index (χ4v) is 2.51. The summed E-state index contributed by atoms with van der Waals surface area (Å²) in [6, 6.07) is 12.7. The maximum atomic E-state index is 13.2. The summed E-state index contributed by atoms with van der Waals surface area (Å²) in [7, 11) is 0. The second-order valence-corrected chi connectivity index (χ2v) is 5.57. The first-order valence-electron chi connectivity index (χ1n) is 6.80. The summed E-state index contributed by atoms with van der Waals surface area (Å²) in [6.45, 7) is 2.10. The SMILES string of the molecule is Cc1ccccc1CCC(N)Cc1cc(F)ccc1Cl. The Bertz CT molecular complexity index is 583. The minimum atomic E-state index is -0.268. The number of aryl methyl sites for hydroxylation is 2. The summed E-state index contributed by atoms with van der Waals surface area (Å²) in [4.78, 5) is 0. The Morgan fingerprint density at radius 1 is 1.15 bits per heavy atom. The van der Waals surface area contributed by atoms with E-state index in [0.29, 0.717) is 11.4 Å². The highest BCUT2D eigenvalue weighted by Gasteiger charge is 2.09. The van der Waals surface area contributed by atoms with Crippen LogP contribution in [0.2, 0.25) is 5.02 Å². The van der Waals surface area contributed by atoms with E-state index < -0.39 is 0 Å². The topological polar surface area (TPSA) is 26.0 Å². The van der Waals surface area contributed by atoms with Gasteiger partial charge in [0.15, 0.2) is 0 Å². The van der Waals surface area contributed by atoms with E-state index in [0.717, 1.165) is 18.4 Å². The third kappa shape index (κ3) is 4.06. The summed E-state index contributed by atoms with van der Waals surface area (Å²) < 4.78 is 13.2. The van der Waals surface area contributed by atoms with Gasteiger partial charge >= 0.3 is 0 Å². The normalized spacial score (nSPS) is 12.4. The van der Waals surface area contributed by atoms with Gasteiger partial charge in [0.05, 0.1) is 0 Å². The minimum Gasteiger partial charge on any atom is -0.327 e. The standard InChI is InChI=1S/C17H19ClFN/c1-12-4-2-3-5-13(12)6-8-16(20)11-14-10-15(19)7-9-17(14)18/h2-5,7,9-10,16H,6,8,11,20H2,1H3. The molecule has 0 amide bonds. The van der Waals surface area contributed by atoms with Crippen LogP contribution in [-0.4, -0.2) is 6.04 Å². The van der Waals surface area contributed by atoms with E-state index in [1.54, 1.807) is 6.07 Å². The highest BCUT2D eigenvalue weighted by atomic mass is 35.5. The zero-order chi connectivity index (χ0) is 14.5. The fraction of sp³-hybridized carbons (Fsp3) is 0.294. The van der Waals surface area contributed by atoms with Crippen LogP contribution in [0.25, 0.3) is 0 Å². The molecule has 0 spiro atoms. The molecule has 0 fully saturated rings. The van der Waals surface area contributed by atoms with Gasteiger partial charge in [-0.05, 0) is 61.1 Å². The average Bonchev–Trinajstić information content (AvgIpc) is 2.42. The average molecular weight is 292 g/mol. The van der Waals surface area contributed by atoms with Crippen molar-refractivity contribution >= 4 is 11.6 Å². The van der Waals surface area contributed by atoms with Crippen molar-refractivity contribution in [3.8, 4) is 0 Å². The first-order valence-corrected chi connectivity index (χ1v) is 7.18. The van der Waals surface area contributed by atoms with Crippen LogP contribution in [-0.2, 0) is 12.8 Å². The Morgan fingerprint density at radius 3 is 2.65 bits per heavy atom. The molecule has 0 saturated heterocycles. The molecule has 0 radical (unpaired) electrons. The van der Waals surface area contributed by atoms with Crippen LogP contribution in [0.1, 0.15) is 23.1 Å². The maximum Gasteiger partial charge on any atom is 0.123 e. The molecule has 2 aromatic rings. The monoisotopic (exact) mass is 291 g/mol. The van der Waals surface area contributed by atoms with Crippen LogP contribution < -0.4 is 5.73 Å². The highest BCUT2D eigenvalue weighted by Crippen LogP contribution is 2.19. The number of hydrogen-bond acceptors (Lipinski definition) is 1. The zero-order valence-electron chi connectivity index (χ0n) is 11.6. The first kappa shape index (κ1) is 15.0. The summed E-state index contributed by atoms with van der Waals surface area (Å²) in [5.74, 6) is -0.268. The Labute approximate surface area is 124 Å². The van der Waals surface area contributed by atoms with Crippen molar-refractivity contribution in [2.45, 2.75) is 32.2 Å². The van der Waals surface area contributed by atoms with Crippen molar-refractivity contribution in [1.29, 1.82) is 0 Å². The van der Waals surface area contributed by atoms with E-state index in [1.165, 1.54) is 23.3 Å². The summed E-state index contributed by atoms with van der Waals surface area (Å²) in [5.41, 5.74) is 9.52. The van der Waals surface area contributed by atoms with Crippen LogP contribution in [0.15, 0.2) is 42.5 Å². The van der Waals surface area contributed by atoms with Crippen molar-refractivity contribution in [2.75, 3.05) is 0 Å². The molecule has 2 aromatic carbocycles. The Kier molecular flexibility index (Phi) is 5.16. The van der Waals surface area contributed by atoms with E-state index >= 15 is 0 Å². The van der Waals surface area contributed by atoms with Gasteiger partial charge in [0.2, 0.25) is 0 Å². The number of halogens is 2. The molecule has 0 aliphatic heterocycles. The van der Waals surface area contributed by atoms with Crippen LogP contribution in [0.5, 0.6) is 0 Å². The quantitative estimate of drug-likeness (QED) is 0.874. The molecule has 0 aromatic heterocycles. The molecule has 0 heterocycles. The first-order chi connectivity index (χ1) is 9.56. The van der Waals surface area contributed by atoms with Crippen LogP contribution >= 0.6 is 11.6 Å². The lowest BCUT2D eigenvalue weighted by molar-refractivity contribution is 0.598. The molecule has 1 nitrogen and oxygen atoms in total. The van der Waals surface area contributed by atoms with Gasteiger partial charge in [0.1, 0.15) is 5.82 Å². The Hall–Kier alpha value is -1.38. The smallest absolute Gasteiger partial charge is 0.123 e. The molecule has 106 valence electrons. The summed E-state index contributed by atoms with van der Waals surface area (Å²) in [6.07, 6.45) is 2.39. The molecule has 2 N–H and O–H groups in total. The third-order valence-electron chi connectivity index (χ3n) is 3.54. The van der Waals surface area contributed by atoms with Crippen molar-refractivity contribution in [1.82, 2.24) is 0 Å². The molecule has 0 saturated carbocycles. The van der Waals surface area contributed by atoms with Crippen LogP contribution in [0.3, 0.4) is 0 Å². The number of hydrogen-bond donors (Lipinski definition) is 1. The molecule has 3 heteroatoms. The predicted molar refractivity (Wildman–Crippen MR) is 82.6 cm³/mol. The zero-order valence-corrected chi connectivity index (χ0v) is 12.3. The van der Waals surface area contributed by atoms with Crippen LogP contribution in [0.4, 0.5) is 4.39 Å². The van der Waals surface area contributed by atoms with Crippen molar-refractivity contribution in [3.05, 3.63) is 70.0 Å². The molecule has 0 aliphatic carbocycles. The number of nitrogens with two attached hydrogens (primary N) is 1. The second kappa shape index (κ2) is 6.87. The molecule has 2 rings (SSSR count). The van der Waals surface area contributed by atoms with Gasteiger partial charge in [-0.2, -0.15) is 0 Å². The third-order valence-corrected chi connectivity index (χ3v) is 3.90. The van der Waals surface area contributed by atoms with E-state index in [2.05, 4.69) is 19.1 Å². The molecule has 20 heavy (non-hydrogen) atoms. The van der Waals surface area contributed by atoms with Gasteiger partial charge in [-0.3, -0.25) is 0 Å². The lowest BCUT2D eigenvalue weighted by atomic mass is 9.97. The lowest BCUT2D eigenvalue weighted by Gasteiger charge is -2.14. The van der Waals surface area contributed by atoms with E-state index in [9.17, 15) is 4.39 Å². The summed E-state index contributed by atoms with van der Waals surface area (Å²) >= 11 is 6.06. The van der Waals surface area contributed by atoms with Crippen LogP contribution in [0, 0.1) is 12.7 Å². The van der Waals surface area contributed by atoms with E-state index in [-0.39, 0.29) is 11.9 Å². The van der Waals surface area contributed by atoms with Crippen molar-refractivity contribution in [2.24, 2.45) is 5.73 Å². The molecule has 0 bridgehead atoms. The molecular formula is C17H19ClFN. The van der Waals surface area contributed by atoms with Gasteiger partial charge in [-0.25, -0.2) is 4.39 Å². The van der Waals surface area contributed by atoms with E-state index in [4.69, 9.17) is 17.3 Å². The second-order valence-electron chi connectivity index (χ2n) is 5.17. The van der Waals surface area contributed by atoms with Crippen molar-refractivity contribution < 1.29 is 4.39 Å². The molecule has 1 atom stereocenters. The maximum absolute atomic E-state index is 13.2. The highest BCUT2D eigenvalue weighted by molar-refractivity contribution is 6.31. The van der Waals surface area contributed by atoms with E-state index in [1.807, 2.05) is 12.1 Å².